The van der Waals surface area contributed by atoms with Gasteiger partial charge in [-0.1, -0.05) is 6.07 Å². The highest BCUT2D eigenvalue weighted by molar-refractivity contribution is 5.74. The van der Waals surface area contributed by atoms with Crippen molar-refractivity contribution in [3.63, 3.8) is 0 Å². The van der Waals surface area contributed by atoms with Gasteiger partial charge in [-0.05, 0) is 30.0 Å². The fourth-order valence-corrected chi connectivity index (χ4v) is 4.31. The maximum atomic E-state index is 13.2. The highest BCUT2D eigenvalue weighted by Gasteiger charge is 2.55. The van der Waals surface area contributed by atoms with Crippen LogP contribution in [0.4, 0.5) is 4.39 Å². The number of hydrogen-bond acceptors (Lipinski definition) is 4. The van der Waals surface area contributed by atoms with Crippen molar-refractivity contribution < 1.29 is 9.13 Å². The molecule has 5 rings (SSSR count). The molecule has 1 aliphatic heterocycles. The van der Waals surface area contributed by atoms with Crippen molar-refractivity contribution in [3.8, 4) is 5.75 Å². The molecule has 1 aromatic carbocycles. The van der Waals surface area contributed by atoms with Gasteiger partial charge in [0.25, 0.3) is 0 Å². The zero-order valence-corrected chi connectivity index (χ0v) is 14.7. The monoisotopic (exact) mass is 352 g/mol. The number of hydrogen-bond donors (Lipinski definition) is 0. The van der Waals surface area contributed by atoms with Crippen LogP contribution in [-0.2, 0) is 13.6 Å². The Morgan fingerprint density at radius 3 is 2.85 bits per heavy atom. The van der Waals surface area contributed by atoms with Crippen LogP contribution < -0.4 is 4.74 Å². The topological polar surface area (TPSA) is 43.2 Å². The Balaban J connectivity index is 1.17. The first-order valence-electron chi connectivity index (χ1n) is 9.05. The third kappa shape index (κ3) is 2.74. The van der Waals surface area contributed by atoms with Crippen molar-refractivity contribution in [1.29, 1.82) is 0 Å². The maximum Gasteiger partial charge on any atom is 0.126 e. The highest BCUT2D eigenvalue weighted by Crippen LogP contribution is 2.52. The number of rotatable bonds is 5. The van der Waals surface area contributed by atoms with E-state index in [0.29, 0.717) is 30.1 Å². The third-order valence-electron chi connectivity index (χ3n) is 5.83. The number of nitrogens with zero attached hydrogens (tertiary/aromatic N) is 4. The van der Waals surface area contributed by atoms with Gasteiger partial charge in [0.15, 0.2) is 0 Å². The molecule has 0 N–H and O–H groups in total. The van der Waals surface area contributed by atoms with Crippen molar-refractivity contribution in [2.24, 2.45) is 24.8 Å². The number of likely N-dealkylation sites (tertiary alicyclic amines) is 1. The summed E-state index contributed by atoms with van der Waals surface area (Å²) in [6.07, 6.45) is 3.63. The number of fused-ring (bicyclic) bond motifs is 2. The molecule has 0 amide bonds. The Morgan fingerprint density at radius 1 is 1.23 bits per heavy atom. The first kappa shape index (κ1) is 15.8. The number of benzene rings is 1. The van der Waals surface area contributed by atoms with E-state index in [-0.39, 0.29) is 5.82 Å². The number of pyridine rings is 1. The first-order valence-corrected chi connectivity index (χ1v) is 9.05. The Kier molecular flexibility index (Phi) is 3.67. The van der Waals surface area contributed by atoms with E-state index in [2.05, 4.69) is 21.5 Å². The number of halogens is 1. The lowest BCUT2D eigenvalue weighted by Gasteiger charge is -2.19. The standard InChI is InChI=1S/C20H21FN4O/c1-24-19-5-6-22-8-18(19)23-20(24)11-25-9-15-16(10-25)17(15)12-26-14-4-2-3-13(21)7-14/h2-8,15-17H,9-12H2,1H3/t15-,16+,17?. The van der Waals surface area contributed by atoms with Crippen molar-refractivity contribution in [3.05, 3.63) is 54.4 Å². The summed E-state index contributed by atoms with van der Waals surface area (Å²) in [5.41, 5.74) is 2.08. The van der Waals surface area contributed by atoms with Crippen LogP contribution in [0.1, 0.15) is 5.82 Å². The van der Waals surface area contributed by atoms with E-state index in [0.717, 1.165) is 36.5 Å². The lowest BCUT2D eigenvalue weighted by Crippen LogP contribution is -2.26. The van der Waals surface area contributed by atoms with E-state index in [4.69, 9.17) is 9.72 Å². The molecule has 2 fully saturated rings. The lowest BCUT2D eigenvalue weighted by molar-refractivity contribution is 0.226. The fourth-order valence-electron chi connectivity index (χ4n) is 4.31. The largest absolute Gasteiger partial charge is 0.493 e. The molecule has 0 spiro atoms. The number of piperidine rings is 1. The SMILES string of the molecule is Cn1c(CN2C[C@@H]3C(COc4cccc(F)c4)[C@@H]3C2)nc2cnccc21. The summed E-state index contributed by atoms with van der Waals surface area (Å²) >= 11 is 0. The van der Waals surface area contributed by atoms with E-state index in [9.17, 15) is 4.39 Å². The van der Waals surface area contributed by atoms with E-state index >= 15 is 0 Å². The van der Waals surface area contributed by atoms with Gasteiger partial charge in [-0.3, -0.25) is 9.88 Å². The van der Waals surface area contributed by atoms with Gasteiger partial charge in [-0.25, -0.2) is 9.37 Å². The molecule has 3 atom stereocenters. The Labute approximate surface area is 151 Å². The molecule has 26 heavy (non-hydrogen) atoms. The molecular formula is C20H21FN4O. The molecule has 1 unspecified atom stereocenters. The van der Waals surface area contributed by atoms with Crippen LogP contribution in [0.25, 0.3) is 11.0 Å². The number of imidazole rings is 1. The van der Waals surface area contributed by atoms with Crippen molar-refractivity contribution in [1.82, 2.24) is 19.4 Å². The lowest BCUT2D eigenvalue weighted by atomic mass is 10.2. The highest BCUT2D eigenvalue weighted by atomic mass is 19.1. The second-order valence-corrected chi connectivity index (χ2v) is 7.41. The summed E-state index contributed by atoms with van der Waals surface area (Å²) < 4.78 is 21.1. The normalized spacial score (nSPS) is 24.8. The quantitative estimate of drug-likeness (QED) is 0.708. The average Bonchev–Trinajstić information content (AvgIpc) is 2.96. The molecule has 1 aliphatic carbocycles. The smallest absolute Gasteiger partial charge is 0.126 e. The summed E-state index contributed by atoms with van der Waals surface area (Å²) in [5, 5.41) is 0. The van der Waals surface area contributed by atoms with Gasteiger partial charge in [0.2, 0.25) is 0 Å². The minimum atomic E-state index is -0.248. The summed E-state index contributed by atoms with van der Waals surface area (Å²) in [6.45, 7) is 3.73. The predicted octanol–water partition coefficient (Wildman–Crippen LogP) is 2.86. The fraction of sp³-hybridized carbons (Fsp3) is 0.400. The molecule has 0 radical (unpaired) electrons. The number of aromatic nitrogens is 3. The second kappa shape index (κ2) is 6.06. The van der Waals surface area contributed by atoms with Crippen LogP contribution in [0.5, 0.6) is 5.75 Å². The first-order chi connectivity index (χ1) is 12.7. The molecule has 5 nitrogen and oxygen atoms in total. The van der Waals surface area contributed by atoms with Crippen LogP contribution >= 0.6 is 0 Å². The summed E-state index contributed by atoms with van der Waals surface area (Å²) in [5.74, 6) is 3.45. The van der Waals surface area contributed by atoms with Crippen molar-refractivity contribution >= 4 is 11.0 Å². The van der Waals surface area contributed by atoms with Crippen LogP contribution in [0.15, 0.2) is 42.7 Å². The van der Waals surface area contributed by atoms with E-state index < -0.39 is 0 Å². The molecular weight excluding hydrogens is 331 g/mol. The van der Waals surface area contributed by atoms with E-state index in [1.165, 1.54) is 12.1 Å². The van der Waals surface area contributed by atoms with Gasteiger partial charge >= 0.3 is 0 Å². The molecule has 3 aromatic rings. The van der Waals surface area contributed by atoms with Crippen LogP contribution in [0, 0.1) is 23.6 Å². The minimum absolute atomic E-state index is 0.248. The molecule has 134 valence electrons. The van der Waals surface area contributed by atoms with Crippen LogP contribution in [0.3, 0.4) is 0 Å². The molecule has 1 saturated carbocycles. The number of aryl methyl sites for hydroxylation is 1. The van der Waals surface area contributed by atoms with Gasteiger partial charge < -0.3 is 9.30 Å². The molecule has 2 aromatic heterocycles. The van der Waals surface area contributed by atoms with Gasteiger partial charge in [0, 0.05) is 38.3 Å². The van der Waals surface area contributed by atoms with Gasteiger partial charge in [0.05, 0.1) is 24.9 Å². The zero-order chi connectivity index (χ0) is 17.7. The average molecular weight is 352 g/mol. The van der Waals surface area contributed by atoms with Crippen molar-refractivity contribution in [2.45, 2.75) is 6.54 Å². The van der Waals surface area contributed by atoms with Gasteiger partial charge in [0.1, 0.15) is 22.9 Å². The maximum absolute atomic E-state index is 13.2. The minimum Gasteiger partial charge on any atom is -0.493 e. The molecule has 6 heteroatoms. The van der Waals surface area contributed by atoms with Crippen LogP contribution in [-0.4, -0.2) is 39.1 Å². The molecule has 3 heterocycles. The molecule has 0 bridgehead atoms. The third-order valence-corrected chi connectivity index (χ3v) is 5.83. The summed E-state index contributed by atoms with van der Waals surface area (Å²) in [6, 6.07) is 8.40. The number of ether oxygens (including phenoxy) is 1. The van der Waals surface area contributed by atoms with Gasteiger partial charge in [-0.2, -0.15) is 0 Å². The molecule has 2 aliphatic rings. The Hall–Kier alpha value is -2.47. The molecule has 1 saturated heterocycles. The Bertz CT molecular complexity index is 944. The van der Waals surface area contributed by atoms with E-state index in [1.807, 2.05) is 24.5 Å². The Morgan fingerprint density at radius 2 is 2.08 bits per heavy atom. The van der Waals surface area contributed by atoms with E-state index in [1.54, 1.807) is 6.07 Å². The predicted molar refractivity (Wildman–Crippen MR) is 96.2 cm³/mol. The second-order valence-electron chi connectivity index (χ2n) is 7.41. The van der Waals surface area contributed by atoms with Crippen molar-refractivity contribution in [2.75, 3.05) is 19.7 Å². The van der Waals surface area contributed by atoms with Gasteiger partial charge in [-0.15, -0.1) is 0 Å². The zero-order valence-electron chi connectivity index (χ0n) is 14.7. The summed E-state index contributed by atoms with van der Waals surface area (Å²) in [7, 11) is 2.07. The van der Waals surface area contributed by atoms with Crippen LogP contribution in [0.2, 0.25) is 0 Å². The summed E-state index contributed by atoms with van der Waals surface area (Å²) in [4.78, 5) is 11.3.